The highest BCUT2D eigenvalue weighted by molar-refractivity contribution is 7.10. The lowest BCUT2D eigenvalue weighted by molar-refractivity contribution is -0.120. The van der Waals surface area contributed by atoms with E-state index in [1.807, 2.05) is 17.5 Å². The fourth-order valence-electron chi connectivity index (χ4n) is 2.60. The zero-order valence-electron chi connectivity index (χ0n) is 12.4. The molecule has 0 aromatic carbocycles. The number of carbonyl (C=O) groups is 1. The van der Waals surface area contributed by atoms with E-state index in [9.17, 15) is 4.79 Å². The van der Waals surface area contributed by atoms with Crippen molar-refractivity contribution in [3.05, 3.63) is 34.8 Å². The van der Waals surface area contributed by atoms with E-state index in [1.54, 1.807) is 30.8 Å². The highest BCUT2D eigenvalue weighted by Crippen LogP contribution is 2.25. The van der Waals surface area contributed by atoms with Gasteiger partial charge in [0, 0.05) is 36.4 Å². The lowest BCUT2D eigenvalue weighted by atomic mass is 10.2. The van der Waals surface area contributed by atoms with Crippen molar-refractivity contribution in [3.8, 4) is 5.88 Å². The topological polar surface area (TPSA) is 67.4 Å². The van der Waals surface area contributed by atoms with Crippen molar-refractivity contribution < 1.29 is 9.53 Å². The van der Waals surface area contributed by atoms with Crippen molar-refractivity contribution >= 4 is 23.1 Å². The number of amides is 1. The van der Waals surface area contributed by atoms with Gasteiger partial charge in [-0.15, -0.1) is 11.3 Å². The van der Waals surface area contributed by atoms with Crippen molar-refractivity contribution in [3.63, 3.8) is 0 Å². The molecule has 1 fully saturated rings. The van der Waals surface area contributed by atoms with Gasteiger partial charge in [-0.1, -0.05) is 6.07 Å². The van der Waals surface area contributed by atoms with Gasteiger partial charge in [-0.3, -0.25) is 4.79 Å². The fraction of sp³-hybridized carbons (Fsp3) is 0.400. The van der Waals surface area contributed by atoms with E-state index < -0.39 is 0 Å². The van der Waals surface area contributed by atoms with Crippen molar-refractivity contribution in [2.24, 2.45) is 0 Å². The van der Waals surface area contributed by atoms with Gasteiger partial charge in [0.25, 0.3) is 5.88 Å². The van der Waals surface area contributed by atoms with Crippen LogP contribution in [0.1, 0.15) is 11.3 Å². The van der Waals surface area contributed by atoms with Gasteiger partial charge < -0.3 is 15.0 Å². The first-order valence-electron chi connectivity index (χ1n) is 7.18. The summed E-state index contributed by atoms with van der Waals surface area (Å²) in [5, 5.41) is 5.08. The number of hydrogen-bond acceptors (Lipinski definition) is 6. The van der Waals surface area contributed by atoms with Crippen LogP contribution in [0.15, 0.2) is 29.9 Å². The molecule has 1 N–H and O–H groups in total. The fourth-order valence-corrected chi connectivity index (χ4v) is 3.30. The standard InChI is InChI=1S/C15H18N4O2S/c1-21-15-14(16-5-6-17-15)19-7-4-11(10-19)18-13(20)9-12-3-2-8-22-12/h2-3,5-6,8,11H,4,7,9-10H2,1H3,(H,18,20). The molecular weight excluding hydrogens is 300 g/mol. The first kappa shape index (κ1) is 14.8. The molecule has 3 rings (SSSR count). The van der Waals surface area contributed by atoms with Crippen LogP contribution in [0, 0.1) is 0 Å². The maximum absolute atomic E-state index is 12.1. The molecule has 0 radical (unpaired) electrons. The van der Waals surface area contributed by atoms with Crippen LogP contribution in [-0.4, -0.2) is 42.1 Å². The molecule has 2 aromatic heterocycles. The van der Waals surface area contributed by atoms with Crippen molar-refractivity contribution in [1.29, 1.82) is 0 Å². The summed E-state index contributed by atoms with van der Waals surface area (Å²) in [4.78, 5) is 23.7. The summed E-state index contributed by atoms with van der Waals surface area (Å²) in [6, 6.07) is 4.08. The van der Waals surface area contributed by atoms with Crippen LogP contribution in [0.5, 0.6) is 5.88 Å². The summed E-state index contributed by atoms with van der Waals surface area (Å²) in [6.45, 7) is 1.56. The molecular formula is C15H18N4O2S. The first-order chi connectivity index (χ1) is 10.8. The summed E-state index contributed by atoms with van der Waals surface area (Å²) in [6.07, 6.45) is 4.61. The third-order valence-corrected chi connectivity index (χ3v) is 4.48. The first-order valence-corrected chi connectivity index (χ1v) is 8.06. The number of hydrogen-bond donors (Lipinski definition) is 1. The van der Waals surface area contributed by atoms with E-state index >= 15 is 0 Å². The zero-order valence-corrected chi connectivity index (χ0v) is 13.2. The normalized spacial score (nSPS) is 17.5. The Labute approximate surface area is 133 Å². The highest BCUT2D eigenvalue weighted by atomic mass is 32.1. The molecule has 0 spiro atoms. The number of anilines is 1. The Balaban J connectivity index is 1.57. The number of rotatable bonds is 5. The minimum atomic E-state index is 0.0698. The van der Waals surface area contributed by atoms with Gasteiger partial charge in [0.15, 0.2) is 5.82 Å². The molecule has 0 saturated carbocycles. The van der Waals surface area contributed by atoms with E-state index in [4.69, 9.17) is 4.74 Å². The molecule has 1 atom stereocenters. The quantitative estimate of drug-likeness (QED) is 0.904. The van der Waals surface area contributed by atoms with E-state index in [-0.39, 0.29) is 11.9 Å². The average Bonchev–Trinajstić information content (AvgIpc) is 3.19. The smallest absolute Gasteiger partial charge is 0.257 e. The SMILES string of the molecule is COc1nccnc1N1CCC(NC(=O)Cc2cccs2)C1. The van der Waals surface area contributed by atoms with Crippen molar-refractivity contribution in [2.75, 3.05) is 25.1 Å². The molecule has 22 heavy (non-hydrogen) atoms. The molecule has 1 saturated heterocycles. The lowest BCUT2D eigenvalue weighted by Gasteiger charge is -2.19. The Morgan fingerprint density at radius 3 is 3.14 bits per heavy atom. The summed E-state index contributed by atoms with van der Waals surface area (Å²) >= 11 is 1.61. The molecule has 1 unspecified atom stereocenters. The third-order valence-electron chi connectivity index (χ3n) is 3.61. The van der Waals surface area contributed by atoms with Gasteiger partial charge >= 0.3 is 0 Å². The second kappa shape index (κ2) is 6.74. The monoisotopic (exact) mass is 318 g/mol. The second-order valence-corrected chi connectivity index (χ2v) is 6.18. The Bertz CT molecular complexity index is 632. The summed E-state index contributed by atoms with van der Waals surface area (Å²) in [7, 11) is 1.59. The lowest BCUT2D eigenvalue weighted by Crippen LogP contribution is -2.38. The van der Waals surface area contributed by atoms with E-state index in [0.717, 1.165) is 30.2 Å². The van der Waals surface area contributed by atoms with Gasteiger partial charge in [-0.05, 0) is 17.9 Å². The number of aromatic nitrogens is 2. The van der Waals surface area contributed by atoms with Crippen LogP contribution in [0.2, 0.25) is 0 Å². The van der Waals surface area contributed by atoms with Crippen LogP contribution in [0.4, 0.5) is 5.82 Å². The highest BCUT2D eigenvalue weighted by Gasteiger charge is 2.27. The number of nitrogens with zero attached hydrogens (tertiary/aromatic N) is 3. The number of methoxy groups -OCH3 is 1. The number of carbonyl (C=O) groups excluding carboxylic acids is 1. The second-order valence-electron chi connectivity index (χ2n) is 5.14. The van der Waals surface area contributed by atoms with Crippen LogP contribution < -0.4 is 15.0 Å². The Hall–Kier alpha value is -2.15. The molecule has 0 bridgehead atoms. The van der Waals surface area contributed by atoms with E-state index in [1.165, 1.54) is 0 Å². The van der Waals surface area contributed by atoms with Crippen molar-refractivity contribution in [2.45, 2.75) is 18.9 Å². The molecule has 116 valence electrons. The van der Waals surface area contributed by atoms with Crippen LogP contribution >= 0.6 is 11.3 Å². The van der Waals surface area contributed by atoms with Gasteiger partial charge in [-0.25, -0.2) is 9.97 Å². The minimum Gasteiger partial charge on any atom is -0.478 e. The number of ether oxygens (including phenoxy) is 1. The van der Waals surface area contributed by atoms with Crippen LogP contribution in [0.3, 0.4) is 0 Å². The maximum atomic E-state index is 12.1. The molecule has 1 aliphatic rings. The van der Waals surface area contributed by atoms with Gasteiger partial charge in [-0.2, -0.15) is 0 Å². The summed E-state index contributed by atoms with van der Waals surface area (Å²) in [5.74, 6) is 1.33. The van der Waals surface area contributed by atoms with Gasteiger partial charge in [0.05, 0.1) is 13.5 Å². The van der Waals surface area contributed by atoms with Gasteiger partial charge in [0.1, 0.15) is 0 Å². The van der Waals surface area contributed by atoms with E-state index in [2.05, 4.69) is 20.2 Å². The summed E-state index contributed by atoms with van der Waals surface area (Å²) < 4.78 is 5.24. The predicted octanol–water partition coefficient (Wildman–Crippen LogP) is 1.48. The van der Waals surface area contributed by atoms with Crippen molar-refractivity contribution in [1.82, 2.24) is 15.3 Å². The number of nitrogens with one attached hydrogen (secondary N) is 1. The Kier molecular flexibility index (Phi) is 4.53. The molecule has 1 amide bonds. The molecule has 0 aliphatic carbocycles. The van der Waals surface area contributed by atoms with Crippen LogP contribution in [-0.2, 0) is 11.2 Å². The van der Waals surface area contributed by atoms with E-state index in [0.29, 0.717) is 12.3 Å². The maximum Gasteiger partial charge on any atom is 0.257 e. The average molecular weight is 318 g/mol. The van der Waals surface area contributed by atoms with Crippen LogP contribution in [0.25, 0.3) is 0 Å². The largest absolute Gasteiger partial charge is 0.478 e. The molecule has 6 nitrogen and oxygen atoms in total. The van der Waals surface area contributed by atoms with Gasteiger partial charge in [0.2, 0.25) is 5.91 Å². The molecule has 1 aliphatic heterocycles. The summed E-state index contributed by atoms with van der Waals surface area (Å²) in [5.41, 5.74) is 0. The molecule has 3 heterocycles. The molecule has 2 aromatic rings. The zero-order chi connectivity index (χ0) is 15.4. The minimum absolute atomic E-state index is 0.0698. The molecule has 7 heteroatoms. The number of thiophene rings is 1. The predicted molar refractivity (Wildman–Crippen MR) is 85.4 cm³/mol. The Morgan fingerprint density at radius 1 is 1.50 bits per heavy atom. The Morgan fingerprint density at radius 2 is 2.36 bits per heavy atom. The third kappa shape index (κ3) is 3.36.